The van der Waals surface area contributed by atoms with Gasteiger partial charge in [-0.3, -0.25) is 5.10 Å². The van der Waals surface area contributed by atoms with Crippen LogP contribution in [0.15, 0.2) is 46.9 Å². The zero-order chi connectivity index (χ0) is 14.4. The number of aromatic nitrogens is 4. The summed E-state index contributed by atoms with van der Waals surface area (Å²) in [5.74, 6) is 1.24. The molecule has 0 saturated carbocycles. The third-order valence-electron chi connectivity index (χ3n) is 3.14. The second kappa shape index (κ2) is 4.75. The lowest BCUT2D eigenvalue weighted by Crippen LogP contribution is -1.93. The fraction of sp³-hybridized carbons (Fsp3) is 0. The van der Waals surface area contributed by atoms with Crippen LogP contribution >= 0.6 is 27.5 Å². The number of rotatable bonds is 2. The van der Waals surface area contributed by atoms with Crippen LogP contribution in [-0.4, -0.2) is 19.6 Å². The zero-order valence-electron chi connectivity index (χ0n) is 10.6. The highest BCUT2D eigenvalue weighted by Gasteiger charge is 2.10. The van der Waals surface area contributed by atoms with E-state index < -0.39 is 0 Å². The normalized spacial score (nSPS) is 11.3. The molecule has 5 nitrogen and oxygen atoms in total. The quantitative estimate of drug-likeness (QED) is 0.557. The molecular weight excluding hydrogens is 354 g/mol. The van der Waals surface area contributed by atoms with E-state index in [9.17, 15) is 0 Å². The number of nitrogens with zero attached hydrogens (tertiary/aromatic N) is 3. The molecule has 104 valence electrons. The van der Waals surface area contributed by atoms with Gasteiger partial charge in [0.1, 0.15) is 0 Å². The highest BCUT2D eigenvalue weighted by atomic mass is 79.9. The minimum absolute atomic E-state index is 0.604. The number of hydrogen-bond donors (Lipinski definition) is 2. The van der Waals surface area contributed by atoms with Crippen LogP contribution in [0, 0.1) is 0 Å². The van der Waals surface area contributed by atoms with Crippen molar-refractivity contribution in [2.24, 2.45) is 0 Å². The Kier molecular flexibility index (Phi) is 2.87. The van der Waals surface area contributed by atoms with Gasteiger partial charge in [0, 0.05) is 15.2 Å². The minimum atomic E-state index is 0.604. The van der Waals surface area contributed by atoms with Crippen molar-refractivity contribution in [2.75, 3.05) is 5.32 Å². The molecule has 0 aliphatic heterocycles. The van der Waals surface area contributed by atoms with Crippen molar-refractivity contribution >= 4 is 56.0 Å². The third kappa shape index (κ3) is 2.26. The predicted molar refractivity (Wildman–Crippen MR) is 87.3 cm³/mol. The first kappa shape index (κ1) is 12.7. The average Bonchev–Trinajstić information content (AvgIpc) is 2.97. The van der Waals surface area contributed by atoms with E-state index >= 15 is 0 Å². The number of benzene rings is 2. The van der Waals surface area contributed by atoms with Gasteiger partial charge in [0.05, 0.1) is 11.0 Å². The predicted octanol–water partition coefficient (Wildman–Crippen LogP) is 4.37. The third-order valence-corrected chi connectivity index (χ3v) is 3.90. The van der Waals surface area contributed by atoms with E-state index in [4.69, 9.17) is 11.6 Å². The molecule has 7 heteroatoms. The molecule has 2 aromatic heterocycles. The molecule has 0 fully saturated rings. The average molecular weight is 363 g/mol. The van der Waals surface area contributed by atoms with Crippen molar-refractivity contribution in [3.05, 3.63) is 52.0 Å². The lowest BCUT2D eigenvalue weighted by Gasteiger charge is -2.01. The number of aromatic amines is 1. The molecular formula is C14H9BrClN5. The summed E-state index contributed by atoms with van der Waals surface area (Å²) in [5, 5.41) is 7.05. The highest BCUT2D eigenvalue weighted by molar-refractivity contribution is 9.10. The summed E-state index contributed by atoms with van der Waals surface area (Å²) in [6.45, 7) is 0. The summed E-state index contributed by atoms with van der Waals surface area (Å²) in [6, 6.07) is 13.4. The van der Waals surface area contributed by atoms with Gasteiger partial charge in [0.15, 0.2) is 0 Å². The van der Waals surface area contributed by atoms with Gasteiger partial charge in [-0.05, 0) is 42.5 Å². The van der Waals surface area contributed by atoms with Crippen molar-refractivity contribution in [3.63, 3.8) is 0 Å². The van der Waals surface area contributed by atoms with Crippen LogP contribution in [0.3, 0.4) is 0 Å². The molecule has 0 aliphatic rings. The van der Waals surface area contributed by atoms with E-state index in [2.05, 4.69) is 36.3 Å². The highest BCUT2D eigenvalue weighted by Crippen LogP contribution is 2.22. The molecule has 2 heterocycles. The lowest BCUT2D eigenvalue weighted by molar-refractivity contribution is 1.01. The second-order valence-corrected chi connectivity index (χ2v) is 5.94. The Bertz CT molecular complexity index is 941. The van der Waals surface area contributed by atoms with E-state index in [0.29, 0.717) is 16.7 Å². The molecule has 4 rings (SSSR count). The first-order valence-corrected chi connectivity index (χ1v) is 7.42. The number of imidazole rings is 1. The number of halogens is 2. The number of hydrogen-bond acceptors (Lipinski definition) is 3. The molecule has 2 N–H and O–H groups in total. The fourth-order valence-electron chi connectivity index (χ4n) is 2.18. The standard InChI is InChI=1S/C14H9BrClN5/c15-8-1-4-10(5-2-8)17-13-19-14-18-11-7-9(16)3-6-12(11)21(14)20-13/h1-7H,(H2,17,18,19,20). The van der Waals surface area contributed by atoms with E-state index in [1.54, 1.807) is 0 Å². The van der Waals surface area contributed by atoms with Crippen LogP contribution in [0.25, 0.3) is 16.8 Å². The van der Waals surface area contributed by atoms with Crippen LogP contribution in [0.5, 0.6) is 0 Å². The Hall–Kier alpha value is -2.05. The summed E-state index contributed by atoms with van der Waals surface area (Å²) >= 11 is 9.38. The van der Waals surface area contributed by atoms with Gasteiger partial charge in [0.25, 0.3) is 5.78 Å². The smallest absolute Gasteiger partial charge is 0.253 e. The first-order chi connectivity index (χ1) is 10.2. The van der Waals surface area contributed by atoms with Crippen molar-refractivity contribution in [2.45, 2.75) is 0 Å². The van der Waals surface area contributed by atoms with E-state index in [0.717, 1.165) is 21.2 Å². The maximum atomic E-state index is 5.97. The molecule has 0 bridgehead atoms. The molecule has 0 spiro atoms. The largest absolute Gasteiger partial charge is 0.325 e. The molecule has 0 aliphatic carbocycles. The zero-order valence-corrected chi connectivity index (χ0v) is 13.0. The summed E-state index contributed by atoms with van der Waals surface area (Å²) in [6.07, 6.45) is 0. The van der Waals surface area contributed by atoms with Crippen molar-refractivity contribution in [3.8, 4) is 0 Å². The molecule has 0 unspecified atom stereocenters. The Balaban J connectivity index is 1.75. The molecule has 4 aromatic rings. The number of H-pyrrole nitrogens is 1. The summed E-state index contributed by atoms with van der Waals surface area (Å²) in [4.78, 5) is 8.87. The van der Waals surface area contributed by atoms with Crippen molar-refractivity contribution < 1.29 is 0 Å². The Morgan fingerprint density at radius 1 is 1.10 bits per heavy atom. The molecule has 21 heavy (non-hydrogen) atoms. The van der Waals surface area contributed by atoms with Gasteiger partial charge in [-0.1, -0.05) is 27.5 Å². The van der Waals surface area contributed by atoms with Gasteiger partial charge >= 0.3 is 0 Å². The summed E-state index contributed by atoms with van der Waals surface area (Å²) < 4.78 is 2.86. The maximum absolute atomic E-state index is 5.97. The van der Waals surface area contributed by atoms with E-state index in [1.807, 2.05) is 47.0 Å². The van der Waals surface area contributed by atoms with Crippen LogP contribution < -0.4 is 5.32 Å². The molecule has 2 aromatic carbocycles. The van der Waals surface area contributed by atoms with Gasteiger partial charge in [-0.25, -0.2) is 9.50 Å². The Morgan fingerprint density at radius 3 is 2.71 bits per heavy atom. The minimum Gasteiger partial charge on any atom is -0.325 e. The van der Waals surface area contributed by atoms with Crippen LogP contribution in [-0.2, 0) is 0 Å². The SMILES string of the molecule is Clc1ccc2c(c1)nc1nc(Nc3ccc(Br)cc3)[nH]n12. The maximum Gasteiger partial charge on any atom is 0.253 e. The monoisotopic (exact) mass is 361 g/mol. The lowest BCUT2D eigenvalue weighted by atomic mass is 10.3. The molecule has 0 radical (unpaired) electrons. The van der Waals surface area contributed by atoms with Gasteiger partial charge in [-0.15, -0.1) is 0 Å². The topological polar surface area (TPSA) is 58.0 Å². The molecule has 0 atom stereocenters. The summed E-state index contributed by atoms with van der Waals surface area (Å²) in [7, 11) is 0. The molecule has 0 saturated heterocycles. The second-order valence-electron chi connectivity index (χ2n) is 4.58. The van der Waals surface area contributed by atoms with Crippen LogP contribution in [0.4, 0.5) is 11.6 Å². The number of nitrogens with one attached hydrogen (secondary N) is 2. The summed E-state index contributed by atoms with van der Waals surface area (Å²) in [5.41, 5.74) is 2.70. The van der Waals surface area contributed by atoms with E-state index in [1.165, 1.54) is 0 Å². The van der Waals surface area contributed by atoms with Crippen LogP contribution in [0.1, 0.15) is 0 Å². The molecule has 0 amide bonds. The van der Waals surface area contributed by atoms with E-state index in [-0.39, 0.29) is 0 Å². The van der Waals surface area contributed by atoms with Gasteiger partial charge in [-0.2, -0.15) is 4.98 Å². The van der Waals surface area contributed by atoms with Crippen LogP contribution in [0.2, 0.25) is 5.02 Å². The fourth-order valence-corrected chi connectivity index (χ4v) is 2.61. The Labute approximate surface area is 133 Å². The van der Waals surface area contributed by atoms with Crippen molar-refractivity contribution in [1.82, 2.24) is 19.6 Å². The first-order valence-electron chi connectivity index (χ1n) is 6.25. The van der Waals surface area contributed by atoms with Gasteiger partial charge in [0.2, 0.25) is 5.95 Å². The van der Waals surface area contributed by atoms with Gasteiger partial charge < -0.3 is 5.32 Å². The number of anilines is 2. The Morgan fingerprint density at radius 2 is 1.90 bits per heavy atom. The van der Waals surface area contributed by atoms with Crippen molar-refractivity contribution in [1.29, 1.82) is 0 Å². The number of fused-ring (bicyclic) bond motifs is 3.